The zero-order valence-electron chi connectivity index (χ0n) is 17.8. The Bertz CT molecular complexity index is 1140. The van der Waals surface area contributed by atoms with Gasteiger partial charge in [0.1, 0.15) is 4.90 Å². The van der Waals surface area contributed by atoms with E-state index in [1.165, 1.54) is 5.56 Å². The summed E-state index contributed by atoms with van der Waals surface area (Å²) in [6.07, 6.45) is 1.77. The Morgan fingerprint density at radius 2 is 1.60 bits per heavy atom. The quantitative estimate of drug-likeness (QED) is 0.637. The lowest BCUT2D eigenvalue weighted by Crippen LogP contribution is -2.38. The third-order valence-corrected chi connectivity index (χ3v) is 7.93. The molecule has 7 nitrogen and oxygen atoms in total. The normalized spacial score (nSPS) is 16.1. The van der Waals surface area contributed by atoms with Crippen LogP contribution in [0.2, 0.25) is 0 Å². The van der Waals surface area contributed by atoms with Crippen molar-refractivity contribution in [1.82, 2.24) is 24.3 Å². The van der Waals surface area contributed by atoms with Crippen molar-refractivity contribution in [2.75, 3.05) is 13.1 Å². The van der Waals surface area contributed by atoms with E-state index in [1.54, 1.807) is 22.8 Å². The summed E-state index contributed by atoms with van der Waals surface area (Å²) in [5.74, 6) is 1.06. The molecule has 3 heterocycles. The third-order valence-electron chi connectivity index (χ3n) is 5.78. The fraction of sp³-hybridized carbons (Fsp3) is 0.409. The minimum atomic E-state index is -3.59. The molecule has 0 aliphatic carbocycles. The topological polar surface area (TPSA) is 81.0 Å². The van der Waals surface area contributed by atoms with Gasteiger partial charge in [-0.1, -0.05) is 36.8 Å². The van der Waals surface area contributed by atoms with Crippen LogP contribution in [0.5, 0.6) is 0 Å². The number of aryl methyl sites for hydroxylation is 2. The molecular formula is C22H27N5O2S. The molecule has 0 unspecified atom stereocenters. The summed E-state index contributed by atoms with van der Waals surface area (Å²) >= 11 is 0. The SMILES string of the molecule is Cc1ccc(-c2ccc(-n3nc(C)c(S(=O)(=O)N4CCC(C)CC4)c3C)nn2)cc1. The zero-order valence-corrected chi connectivity index (χ0v) is 18.6. The van der Waals surface area contributed by atoms with Gasteiger partial charge >= 0.3 is 0 Å². The average molecular weight is 426 g/mol. The molecule has 2 aromatic heterocycles. The van der Waals surface area contributed by atoms with Gasteiger partial charge in [0.2, 0.25) is 10.0 Å². The lowest BCUT2D eigenvalue weighted by Gasteiger charge is -2.29. The summed E-state index contributed by atoms with van der Waals surface area (Å²) in [6, 6.07) is 11.8. The number of benzene rings is 1. The molecule has 0 amide bonds. The number of sulfonamides is 1. The van der Waals surface area contributed by atoms with E-state index in [9.17, 15) is 8.42 Å². The van der Waals surface area contributed by atoms with Crippen molar-refractivity contribution in [3.05, 3.63) is 53.3 Å². The van der Waals surface area contributed by atoms with Gasteiger partial charge in [0.05, 0.1) is 17.1 Å². The van der Waals surface area contributed by atoms with Gasteiger partial charge in [-0.15, -0.1) is 10.2 Å². The van der Waals surface area contributed by atoms with E-state index in [4.69, 9.17) is 0 Å². The summed E-state index contributed by atoms with van der Waals surface area (Å²) in [5.41, 5.74) is 3.97. The summed E-state index contributed by atoms with van der Waals surface area (Å²) in [7, 11) is -3.59. The van der Waals surface area contributed by atoms with Crippen LogP contribution in [0.25, 0.3) is 17.1 Å². The third kappa shape index (κ3) is 3.77. The van der Waals surface area contributed by atoms with E-state index in [0.717, 1.165) is 24.1 Å². The number of hydrogen-bond acceptors (Lipinski definition) is 5. The monoisotopic (exact) mass is 425 g/mol. The van der Waals surface area contributed by atoms with Gasteiger partial charge in [-0.3, -0.25) is 0 Å². The molecule has 4 rings (SSSR count). The van der Waals surface area contributed by atoms with Crippen molar-refractivity contribution in [3.63, 3.8) is 0 Å². The van der Waals surface area contributed by atoms with Crippen LogP contribution in [0, 0.1) is 26.7 Å². The molecule has 0 radical (unpaired) electrons. The molecule has 0 atom stereocenters. The smallest absolute Gasteiger partial charge is 0.216 e. The molecule has 1 saturated heterocycles. The van der Waals surface area contributed by atoms with Gasteiger partial charge in [-0.2, -0.15) is 9.40 Å². The highest BCUT2D eigenvalue weighted by atomic mass is 32.2. The number of nitrogens with zero attached hydrogens (tertiary/aromatic N) is 5. The number of rotatable bonds is 4. The average Bonchev–Trinajstić information content (AvgIpc) is 3.04. The summed E-state index contributed by atoms with van der Waals surface area (Å²) < 4.78 is 29.7. The second-order valence-corrected chi connectivity index (χ2v) is 10.0. The largest absolute Gasteiger partial charge is 0.246 e. The minimum absolute atomic E-state index is 0.279. The molecule has 158 valence electrons. The zero-order chi connectivity index (χ0) is 21.5. The predicted molar refractivity (Wildman–Crippen MR) is 116 cm³/mol. The van der Waals surface area contributed by atoms with Crippen LogP contribution in [0.15, 0.2) is 41.3 Å². The second-order valence-electron chi connectivity index (χ2n) is 8.14. The van der Waals surface area contributed by atoms with E-state index < -0.39 is 10.0 Å². The highest BCUT2D eigenvalue weighted by Gasteiger charge is 2.33. The summed E-state index contributed by atoms with van der Waals surface area (Å²) in [5, 5.41) is 13.1. The molecular weight excluding hydrogens is 398 g/mol. The first-order valence-electron chi connectivity index (χ1n) is 10.2. The van der Waals surface area contributed by atoms with Crippen LogP contribution < -0.4 is 0 Å². The Labute approximate surface area is 177 Å². The maximum Gasteiger partial charge on any atom is 0.246 e. The van der Waals surface area contributed by atoms with Gasteiger partial charge in [-0.05, 0) is 51.7 Å². The first-order valence-corrected chi connectivity index (χ1v) is 11.7. The first kappa shape index (κ1) is 20.7. The fourth-order valence-electron chi connectivity index (χ4n) is 3.90. The summed E-state index contributed by atoms with van der Waals surface area (Å²) in [6.45, 7) is 8.82. The van der Waals surface area contributed by atoms with Gasteiger partial charge < -0.3 is 0 Å². The van der Waals surface area contributed by atoms with Gasteiger partial charge in [0.15, 0.2) is 5.82 Å². The van der Waals surface area contributed by atoms with Gasteiger partial charge in [-0.25, -0.2) is 13.1 Å². The Kier molecular flexibility index (Phi) is 5.46. The Balaban J connectivity index is 1.66. The van der Waals surface area contributed by atoms with Crippen molar-refractivity contribution in [2.45, 2.75) is 45.4 Å². The lowest BCUT2D eigenvalue weighted by molar-refractivity contribution is 0.288. The van der Waals surface area contributed by atoms with Gasteiger partial charge in [0.25, 0.3) is 0 Å². The molecule has 0 N–H and O–H groups in total. The van der Waals surface area contributed by atoms with Crippen LogP contribution in [0.3, 0.4) is 0 Å². The molecule has 1 aromatic carbocycles. The Hall–Kier alpha value is -2.58. The van der Waals surface area contributed by atoms with Crippen molar-refractivity contribution >= 4 is 10.0 Å². The Morgan fingerprint density at radius 1 is 0.933 bits per heavy atom. The van der Waals surface area contributed by atoms with Crippen LogP contribution in [0.1, 0.15) is 36.7 Å². The molecule has 0 saturated carbocycles. The number of aromatic nitrogens is 4. The Morgan fingerprint density at radius 3 is 2.20 bits per heavy atom. The van der Waals surface area contributed by atoms with Gasteiger partial charge in [0, 0.05) is 18.7 Å². The maximum atomic E-state index is 13.3. The molecule has 30 heavy (non-hydrogen) atoms. The highest BCUT2D eigenvalue weighted by Crippen LogP contribution is 2.28. The molecule has 1 fully saturated rings. The van der Waals surface area contributed by atoms with E-state index in [-0.39, 0.29) is 4.90 Å². The second kappa shape index (κ2) is 7.92. The van der Waals surface area contributed by atoms with Crippen molar-refractivity contribution in [2.24, 2.45) is 5.92 Å². The molecule has 1 aliphatic heterocycles. The van der Waals surface area contributed by atoms with Crippen LogP contribution >= 0.6 is 0 Å². The van der Waals surface area contributed by atoms with Crippen molar-refractivity contribution < 1.29 is 8.42 Å². The molecule has 0 bridgehead atoms. The van der Waals surface area contributed by atoms with E-state index in [2.05, 4.69) is 22.2 Å². The van der Waals surface area contributed by atoms with Crippen LogP contribution in [-0.2, 0) is 10.0 Å². The van der Waals surface area contributed by atoms with Crippen molar-refractivity contribution in [3.8, 4) is 17.1 Å². The molecule has 3 aromatic rings. The van der Waals surface area contributed by atoms with E-state index >= 15 is 0 Å². The van der Waals surface area contributed by atoms with E-state index in [0.29, 0.717) is 36.2 Å². The molecule has 1 aliphatic rings. The first-order chi connectivity index (χ1) is 14.3. The molecule has 8 heteroatoms. The standard InChI is InChI=1S/C22H27N5O2S/c1-15-5-7-19(8-6-15)20-9-10-21(24-23-20)27-18(4)22(17(3)25-27)30(28,29)26-13-11-16(2)12-14-26/h5-10,16H,11-14H2,1-4H3. The number of piperidine rings is 1. The summed E-state index contributed by atoms with van der Waals surface area (Å²) in [4.78, 5) is 0.279. The lowest BCUT2D eigenvalue weighted by atomic mass is 10.0. The predicted octanol–water partition coefficient (Wildman–Crippen LogP) is 3.68. The van der Waals surface area contributed by atoms with E-state index in [1.807, 2.05) is 43.3 Å². The van der Waals surface area contributed by atoms with Crippen LogP contribution in [-0.4, -0.2) is 45.8 Å². The molecule has 0 spiro atoms. The van der Waals surface area contributed by atoms with Crippen LogP contribution in [0.4, 0.5) is 0 Å². The highest BCUT2D eigenvalue weighted by molar-refractivity contribution is 7.89. The maximum absolute atomic E-state index is 13.3. The van der Waals surface area contributed by atoms with Crippen molar-refractivity contribution in [1.29, 1.82) is 0 Å². The minimum Gasteiger partial charge on any atom is -0.216 e. The number of hydrogen-bond donors (Lipinski definition) is 0. The fourth-order valence-corrected chi connectivity index (χ4v) is 5.72.